The van der Waals surface area contributed by atoms with Crippen LogP contribution in [0.15, 0.2) is 0 Å². The monoisotopic (exact) mass is 260 g/mol. The summed E-state index contributed by atoms with van der Waals surface area (Å²) >= 11 is 0. The van der Waals surface area contributed by atoms with Crippen molar-refractivity contribution in [2.24, 2.45) is 5.41 Å². The molecule has 0 aromatic rings. The van der Waals surface area contributed by atoms with Gasteiger partial charge in [-0.15, -0.1) is 0 Å². The second-order valence-corrected chi connectivity index (χ2v) is 5.45. The van der Waals surface area contributed by atoms with Gasteiger partial charge in [-0.2, -0.15) is 0 Å². The molecule has 0 saturated carbocycles. The van der Waals surface area contributed by atoms with Gasteiger partial charge in [-0.25, -0.2) is 0 Å². The van der Waals surface area contributed by atoms with Crippen LogP contribution in [-0.4, -0.2) is 76.8 Å². The number of aliphatic hydroxyl groups excluding tert-OH is 1. The van der Waals surface area contributed by atoms with E-state index < -0.39 is 6.10 Å². The number of likely N-dealkylation sites (N-methyl/N-ethyl adjacent to an activating group) is 1. The van der Waals surface area contributed by atoms with E-state index in [1.165, 1.54) is 0 Å². The first-order chi connectivity index (χ1) is 8.62. The van der Waals surface area contributed by atoms with Gasteiger partial charge in [0.25, 0.3) is 0 Å². The highest BCUT2D eigenvalue weighted by molar-refractivity contribution is 4.86. The van der Waals surface area contributed by atoms with Crippen molar-refractivity contribution >= 4 is 0 Å². The van der Waals surface area contributed by atoms with Crippen LogP contribution in [0.2, 0.25) is 0 Å². The summed E-state index contributed by atoms with van der Waals surface area (Å²) in [5, 5.41) is 13.0. The molecule has 0 aromatic carbocycles. The standard InChI is InChI=1S/C13H28N2O3/c1-14-10-13(4-6-18-7-5-13)11-15(2)8-12(16)9-17-3/h12,14,16H,4-11H2,1-3H3. The number of nitrogens with one attached hydrogen (secondary N) is 1. The van der Waals surface area contributed by atoms with Crippen molar-refractivity contribution < 1.29 is 14.6 Å². The smallest absolute Gasteiger partial charge is 0.0899 e. The Morgan fingerprint density at radius 3 is 2.67 bits per heavy atom. The fraction of sp³-hybridized carbons (Fsp3) is 1.00. The average molecular weight is 260 g/mol. The molecule has 1 unspecified atom stereocenters. The Morgan fingerprint density at radius 1 is 1.44 bits per heavy atom. The second kappa shape index (κ2) is 8.07. The number of ether oxygens (including phenoxy) is 2. The first-order valence-corrected chi connectivity index (χ1v) is 6.70. The van der Waals surface area contributed by atoms with E-state index in [9.17, 15) is 5.11 Å². The van der Waals surface area contributed by atoms with Gasteiger partial charge in [0, 0.05) is 40.0 Å². The van der Waals surface area contributed by atoms with E-state index in [2.05, 4.69) is 17.3 Å². The van der Waals surface area contributed by atoms with Gasteiger partial charge in [-0.05, 0) is 32.4 Å². The zero-order valence-corrected chi connectivity index (χ0v) is 11.9. The van der Waals surface area contributed by atoms with Gasteiger partial charge >= 0.3 is 0 Å². The third-order valence-electron chi connectivity index (χ3n) is 3.59. The summed E-state index contributed by atoms with van der Waals surface area (Å²) in [4.78, 5) is 2.20. The van der Waals surface area contributed by atoms with Gasteiger partial charge in [0.15, 0.2) is 0 Å². The minimum Gasteiger partial charge on any atom is -0.389 e. The molecule has 5 nitrogen and oxygen atoms in total. The molecule has 2 N–H and O–H groups in total. The number of aliphatic hydroxyl groups is 1. The summed E-state index contributed by atoms with van der Waals surface area (Å²) in [7, 11) is 5.67. The van der Waals surface area contributed by atoms with E-state index in [1.807, 2.05) is 7.05 Å². The van der Waals surface area contributed by atoms with E-state index in [0.717, 1.165) is 39.1 Å². The zero-order valence-electron chi connectivity index (χ0n) is 11.9. The molecule has 0 spiro atoms. The van der Waals surface area contributed by atoms with Crippen LogP contribution in [0.3, 0.4) is 0 Å². The van der Waals surface area contributed by atoms with Crippen molar-refractivity contribution in [1.29, 1.82) is 0 Å². The highest BCUT2D eigenvalue weighted by Crippen LogP contribution is 2.30. The van der Waals surface area contributed by atoms with E-state index >= 15 is 0 Å². The number of hydrogen-bond acceptors (Lipinski definition) is 5. The number of rotatable bonds is 8. The molecule has 5 heteroatoms. The Hall–Kier alpha value is -0.200. The maximum absolute atomic E-state index is 9.76. The van der Waals surface area contributed by atoms with E-state index in [1.54, 1.807) is 7.11 Å². The summed E-state index contributed by atoms with van der Waals surface area (Å²) in [6, 6.07) is 0. The van der Waals surface area contributed by atoms with Gasteiger partial charge in [0.1, 0.15) is 0 Å². The van der Waals surface area contributed by atoms with E-state index in [-0.39, 0.29) is 5.41 Å². The molecule has 1 atom stereocenters. The van der Waals surface area contributed by atoms with Crippen molar-refractivity contribution in [2.75, 3.05) is 60.7 Å². The number of nitrogens with zero attached hydrogens (tertiary/aromatic N) is 1. The minimum absolute atomic E-state index is 0.272. The lowest BCUT2D eigenvalue weighted by molar-refractivity contribution is -0.0122. The first kappa shape index (κ1) is 15.9. The fourth-order valence-corrected chi connectivity index (χ4v) is 2.81. The molecule has 1 aliphatic heterocycles. The minimum atomic E-state index is -0.411. The molecule has 108 valence electrons. The lowest BCUT2D eigenvalue weighted by Crippen LogP contribution is -2.47. The van der Waals surface area contributed by atoms with Crippen molar-refractivity contribution in [3.05, 3.63) is 0 Å². The Morgan fingerprint density at radius 2 is 2.11 bits per heavy atom. The SMILES string of the molecule is CNCC1(CN(C)CC(O)COC)CCOCC1. The number of methoxy groups -OCH3 is 1. The van der Waals surface area contributed by atoms with Crippen LogP contribution >= 0.6 is 0 Å². The molecule has 1 aliphatic rings. The largest absolute Gasteiger partial charge is 0.389 e. The molecule has 1 heterocycles. The topological polar surface area (TPSA) is 54.0 Å². The molecule has 18 heavy (non-hydrogen) atoms. The highest BCUT2D eigenvalue weighted by atomic mass is 16.5. The Kier molecular flexibility index (Phi) is 7.11. The lowest BCUT2D eigenvalue weighted by atomic mass is 9.79. The maximum Gasteiger partial charge on any atom is 0.0899 e. The molecule has 0 radical (unpaired) electrons. The van der Waals surface area contributed by atoms with Crippen molar-refractivity contribution in [3.8, 4) is 0 Å². The van der Waals surface area contributed by atoms with Crippen LogP contribution in [0.1, 0.15) is 12.8 Å². The number of hydrogen-bond donors (Lipinski definition) is 2. The fourth-order valence-electron chi connectivity index (χ4n) is 2.81. The van der Waals surface area contributed by atoms with Crippen LogP contribution in [0.5, 0.6) is 0 Å². The summed E-state index contributed by atoms with van der Waals surface area (Å²) in [6.07, 6.45) is 1.75. The summed E-state index contributed by atoms with van der Waals surface area (Å²) < 4.78 is 10.4. The third-order valence-corrected chi connectivity index (χ3v) is 3.59. The molecular formula is C13H28N2O3. The van der Waals surface area contributed by atoms with Crippen LogP contribution in [0.4, 0.5) is 0 Å². The van der Waals surface area contributed by atoms with Crippen molar-refractivity contribution in [1.82, 2.24) is 10.2 Å². The van der Waals surface area contributed by atoms with Gasteiger partial charge in [-0.3, -0.25) is 0 Å². The Bertz CT molecular complexity index is 215. The molecule has 0 aliphatic carbocycles. The second-order valence-electron chi connectivity index (χ2n) is 5.45. The molecule has 1 saturated heterocycles. The third kappa shape index (κ3) is 5.20. The normalized spacial score (nSPS) is 21.2. The van der Waals surface area contributed by atoms with E-state index in [4.69, 9.17) is 9.47 Å². The van der Waals surface area contributed by atoms with Crippen LogP contribution in [0.25, 0.3) is 0 Å². The van der Waals surface area contributed by atoms with Crippen molar-refractivity contribution in [2.45, 2.75) is 18.9 Å². The average Bonchev–Trinajstić information content (AvgIpc) is 2.30. The molecule has 0 bridgehead atoms. The van der Waals surface area contributed by atoms with Gasteiger partial charge in [0.2, 0.25) is 0 Å². The van der Waals surface area contributed by atoms with Crippen LogP contribution in [-0.2, 0) is 9.47 Å². The van der Waals surface area contributed by atoms with Crippen molar-refractivity contribution in [3.63, 3.8) is 0 Å². The van der Waals surface area contributed by atoms with Crippen LogP contribution in [0, 0.1) is 5.41 Å². The molecular weight excluding hydrogens is 232 g/mol. The summed E-state index contributed by atoms with van der Waals surface area (Å²) in [6.45, 7) is 4.72. The van der Waals surface area contributed by atoms with Gasteiger partial charge in [0.05, 0.1) is 12.7 Å². The predicted octanol–water partition coefficient (Wildman–Crippen LogP) is -0.0583. The molecule has 1 rings (SSSR count). The summed E-state index contributed by atoms with van der Waals surface area (Å²) in [5.41, 5.74) is 0.272. The first-order valence-electron chi connectivity index (χ1n) is 6.70. The highest BCUT2D eigenvalue weighted by Gasteiger charge is 2.33. The predicted molar refractivity (Wildman–Crippen MR) is 71.8 cm³/mol. The van der Waals surface area contributed by atoms with E-state index in [0.29, 0.717) is 13.2 Å². The molecule has 0 aromatic heterocycles. The Labute approximate surface area is 110 Å². The van der Waals surface area contributed by atoms with Gasteiger partial charge in [-0.1, -0.05) is 0 Å². The zero-order chi connectivity index (χ0) is 13.4. The maximum atomic E-state index is 9.76. The van der Waals surface area contributed by atoms with Crippen LogP contribution < -0.4 is 5.32 Å². The summed E-state index contributed by atoms with van der Waals surface area (Å²) in [5.74, 6) is 0. The quantitative estimate of drug-likeness (QED) is 0.640. The molecule has 0 amide bonds. The van der Waals surface area contributed by atoms with Gasteiger partial charge < -0.3 is 24.8 Å². The molecule has 1 fully saturated rings. The lowest BCUT2D eigenvalue weighted by Gasteiger charge is -2.40. The Balaban J connectivity index is 2.44.